The third-order valence-electron chi connectivity index (χ3n) is 3.99. The summed E-state index contributed by atoms with van der Waals surface area (Å²) in [5, 5.41) is 3.72. The molecule has 0 fully saturated rings. The number of amides is 1. The van der Waals surface area contributed by atoms with Gasteiger partial charge in [0.2, 0.25) is 6.79 Å². The Morgan fingerprint density at radius 2 is 2.00 bits per heavy atom. The number of carbonyl (C=O) groups excluding carboxylic acids is 1. The molecule has 0 radical (unpaired) electrons. The molecule has 0 spiro atoms. The van der Waals surface area contributed by atoms with Gasteiger partial charge >= 0.3 is 0 Å². The normalized spacial score (nSPS) is 12.5. The first-order valence-corrected chi connectivity index (χ1v) is 8.05. The molecule has 0 atom stereocenters. The van der Waals surface area contributed by atoms with Crippen molar-refractivity contribution in [1.82, 2.24) is 0 Å². The number of anilines is 1. The van der Waals surface area contributed by atoms with Crippen LogP contribution >= 0.6 is 0 Å². The molecule has 1 amide bonds. The lowest BCUT2D eigenvalue weighted by atomic mass is 10.1. The topological polar surface area (TPSA) is 69.9 Å². The quantitative estimate of drug-likeness (QED) is 0.762. The van der Waals surface area contributed by atoms with E-state index < -0.39 is 0 Å². The lowest BCUT2D eigenvalue weighted by Gasteiger charge is -2.06. The van der Waals surface area contributed by atoms with Gasteiger partial charge in [-0.1, -0.05) is 18.2 Å². The van der Waals surface area contributed by atoms with Crippen LogP contribution in [-0.2, 0) is 11.3 Å². The van der Waals surface area contributed by atoms with E-state index in [4.69, 9.17) is 18.6 Å². The molecular formula is C19H17NO5. The molecule has 6 heteroatoms. The molecule has 1 N–H and O–H groups in total. The zero-order valence-corrected chi connectivity index (χ0v) is 13.7. The SMILES string of the molecule is CCOCc1c(C(=O)Nc2ccc3c(c2)OCO3)oc2ccccc12. The lowest BCUT2D eigenvalue weighted by Crippen LogP contribution is -2.13. The molecule has 0 bridgehead atoms. The van der Waals surface area contributed by atoms with Gasteiger partial charge in [-0.25, -0.2) is 0 Å². The summed E-state index contributed by atoms with van der Waals surface area (Å²) >= 11 is 0. The number of nitrogens with one attached hydrogen (secondary N) is 1. The smallest absolute Gasteiger partial charge is 0.291 e. The monoisotopic (exact) mass is 339 g/mol. The summed E-state index contributed by atoms with van der Waals surface area (Å²) < 4.78 is 21.9. The zero-order chi connectivity index (χ0) is 17.2. The minimum atomic E-state index is -0.329. The van der Waals surface area contributed by atoms with Crippen LogP contribution in [0, 0.1) is 0 Å². The van der Waals surface area contributed by atoms with Gasteiger partial charge in [0.05, 0.1) is 6.61 Å². The highest BCUT2D eigenvalue weighted by molar-refractivity contribution is 6.06. The lowest BCUT2D eigenvalue weighted by molar-refractivity contribution is 0.0984. The standard InChI is InChI=1S/C19H17NO5/c1-2-22-10-14-13-5-3-4-6-15(13)25-18(14)19(21)20-12-7-8-16-17(9-12)24-11-23-16/h3-9H,2,10-11H2,1H3,(H,20,21). The number of fused-ring (bicyclic) bond motifs is 2. The summed E-state index contributed by atoms with van der Waals surface area (Å²) in [6.07, 6.45) is 0. The Bertz CT molecular complexity index is 931. The van der Waals surface area contributed by atoms with Crippen LogP contribution in [0.5, 0.6) is 11.5 Å². The fourth-order valence-corrected chi connectivity index (χ4v) is 2.79. The fraction of sp³-hybridized carbons (Fsp3) is 0.211. The molecule has 4 rings (SSSR count). The van der Waals surface area contributed by atoms with Crippen LogP contribution < -0.4 is 14.8 Å². The second-order valence-corrected chi connectivity index (χ2v) is 5.57. The van der Waals surface area contributed by atoms with E-state index in [0.29, 0.717) is 36.0 Å². The first-order valence-electron chi connectivity index (χ1n) is 8.05. The molecule has 0 aliphatic carbocycles. The van der Waals surface area contributed by atoms with Gasteiger partial charge in [0, 0.05) is 29.3 Å². The third-order valence-corrected chi connectivity index (χ3v) is 3.99. The van der Waals surface area contributed by atoms with Gasteiger partial charge in [-0.3, -0.25) is 4.79 Å². The molecule has 25 heavy (non-hydrogen) atoms. The van der Waals surface area contributed by atoms with Gasteiger partial charge in [0.25, 0.3) is 5.91 Å². The highest BCUT2D eigenvalue weighted by atomic mass is 16.7. The predicted molar refractivity (Wildman–Crippen MR) is 92.1 cm³/mol. The summed E-state index contributed by atoms with van der Waals surface area (Å²) in [4.78, 5) is 12.7. The van der Waals surface area contributed by atoms with Gasteiger partial charge in [0.1, 0.15) is 5.58 Å². The maximum Gasteiger partial charge on any atom is 0.291 e. The van der Waals surface area contributed by atoms with Crippen molar-refractivity contribution < 1.29 is 23.4 Å². The highest BCUT2D eigenvalue weighted by Crippen LogP contribution is 2.34. The van der Waals surface area contributed by atoms with Crippen molar-refractivity contribution >= 4 is 22.6 Å². The molecule has 0 unspecified atom stereocenters. The number of benzene rings is 2. The first kappa shape index (κ1) is 15.5. The molecule has 6 nitrogen and oxygen atoms in total. The van der Waals surface area contributed by atoms with Crippen molar-refractivity contribution in [2.24, 2.45) is 0 Å². The molecule has 0 saturated carbocycles. The Morgan fingerprint density at radius 1 is 1.16 bits per heavy atom. The van der Waals surface area contributed by atoms with Crippen molar-refractivity contribution in [2.75, 3.05) is 18.7 Å². The maximum absolute atomic E-state index is 12.7. The Kier molecular flexibility index (Phi) is 4.03. The number of carbonyl (C=O) groups is 1. The number of hydrogen-bond donors (Lipinski definition) is 1. The Morgan fingerprint density at radius 3 is 2.88 bits per heavy atom. The maximum atomic E-state index is 12.7. The van der Waals surface area contributed by atoms with Crippen molar-refractivity contribution in [2.45, 2.75) is 13.5 Å². The predicted octanol–water partition coefficient (Wildman–Crippen LogP) is 3.95. The van der Waals surface area contributed by atoms with Crippen LogP contribution in [0.2, 0.25) is 0 Å². The van der Waals surface area contributed by atoms with Crippen LogP contribution in [0.3, 0.4) is 0 Å². The van der Waals surface area contributed by atoms with Crippen LogP contribution in [0.25, 0.3) is 11.0 Å². The molecule has 2 heterocycles. The van der Waals surface area contributed by atoms with Crippen molar-refractivity contribution in [3.63, 3.8) is 0 Å². The molecule has 1 aromatic heterocycles. The largest absolute Gasteiger partial charge is 0.454 e. The van der Waals surface area contributed by atoms with E-state index in [0.717, 1.165) is 10.9 Å². The molecule has 128 valence electrons. The minimum Gasteiger partial charge on any atom is -0.454 e. The van der Waals surface area contributed by atoms with E-state index in [2.05, 4.69) is 5.32 Å². The highest BCUT2D eigenvalue weighted by Gasteiger charge is 2.21. The minimum absolute atomic E-state index is 0.189. The fourth-order valence-electron chi connectivity index (χ4n) is 2.79. The third kappa shape index (κ3) is 2.92. The average molecular weight is 339 g/mol. The molecule has 1 aliphatic rings. The molecular weight excluding hydrogens is 322 g/mol. The number of para-hydroxylation sites is 1. The summed E-state index contributed by atoms with van der Waals surface area (Å²) in [5.41, 5.74) is 2.01. The van der Waals surface area contributed by atoms with Crippen LogP contribution in [0.4, 0.5) is 5.69 Å². The van der Waals surface area contributed by atoms with Crippen molar-refractivity contribution in [3.8, 4) is 11.5 Å². The number of hydrogen-bond acceptors (Lipinski definition) is 5. The van der Waals surface area contributed by atoms with Gasteiger partial charge in [-0.05, 0) is 25.1 Å². The van der Waals surface area contributed by atoms with Crippen LogP contribution in [0.15, 0.2) is 46.9 Å². The number of furan rings is 1. The molecule has 3 aromatic rings. The average Bonchev–Trinajstić information content (AvgIpc) is 3.23. The van der Waals surface area contributed by atoms with Gasteiger partial charge in [-0.2, -0.15) is 0 Å². The van der Waals surface area contributed by atoms with E-state index in [1.165, 1.54) is 0 Å². The van der Waals surface area contributed by atoms with Crippen LogP contribution in [0.1, 0.15) is 23.0 Å². The van der Waals surface area contributed by atoms with Crippen molar-refractivity contribution in [3.05, 3.63) is 53.8 Å². The molecule has 1 aliphatic heterocycles. The Hall–Kier alpha value is -2.99. The van der Waals surface area contributed by atoms with E-state index in [1.54, 1.807) is 18.2 Å². The first-order chi connectivity index (χ1) is 12.3. The van der Waals surface area contributed by atoms with Gasteiger partial charge < -0.3 is 23.9 Å². The van der Waals surface area contributed by atoms with Crippen LogP contribution in [-0.4, -0.2) is 19.3 Å². The van der Waals surface area contributed by atoms with Crippen molar-refractivity contribution in [1.29, 1.82) is 0 Å². The van der Waals surface area contributed by atoms with Gasteiger partial charge in [0.15, 0.2) is 17.3 Å². The van der Waals surface area contributed by atoms with E-state index in [-0.39, 0.29) is 18.5 Å². The summed E-state index contributed by atoms with van der Waals surface area (Å²) in [6, 6.07) is 12.8. The second-order valence-electron chi connectivity index (χ2n) is 5.57. The zero-order valence-electron chi connectivity index (χ0n) is 13.7. The van der Waals surface area contributed by atoms with E-state index in [9.17, 15) is 4.79 Å². The summed E-state index contributed by atoms with van der Waals surface area (Å²) in [7, 11) is 0. The summed E-state index contributed by atoms with van der Waals surface area (Å²) in [5.74, 6) is 1.20. The van der Waals surface area contributed by atoms with E-state index >= 15 is 0 Å². The molecule has 0 saturated heterocycles. The van der Waals surface area contributed by atoms with Gasteiger partial charge in [-0.15, -0.1) is 0 Å². The number of ether oxygens (including phenoxy) is 3. The van der Waals surface area contributed by atoms with E-state index in [1.807, 2.05) is 31.2 Å². The number of rotatable bonds is 5. The summed E-state index contributed by atoms with van der Waals surface area (Å²) in [6.45, 7) is 2.98. The Labute approximate surface area is 144 Å². The molecule has 2 aromatic carbocycles. The Balaban J connectivity index is 1.65. The second kappa shape index (κ2) is 6.49.